The Morgan fingerprint density at radius 2 is 2.31 bits per heavy atom. The van der Waals surface area contributed by atoms with Crippen LogP contribution in [0.25, 0.3) is 0 Å². The van der Waals surface area contributed by atoms with Crippen molar-refractivity contribution in [2.45, 2.75) is 6.10 Å². The molecule has 2 heterocycles. The summed E-state index contributed by atoms with van der Waals surface area (Å²) in [5.41, 5.74) is 5.58. The van der Waals surface area contributed by atoms with Crippen LogP contribution in [0.3, 0.4) is 0 Å². The molecule has 6 nitrogen and oxygen atoms in total. The molecule has 0 saturated carbocycles. The molecule has 0 bridgehead atoms. The molecule has 6 heteroatoms. The summed E-state index contributed by atoms with van der Waals surface area (Å²) in [6.45, 7) is 0. The van der Waals surface area contributed by atoms with Crippen LogP contribution >= 0.6 is 0 Å². The summed E-state index contributed by atoms with van der Waals surface area (Å²) >= 11 is 0. The van der Waals surface area contributed by atoms with Crippen LogP contribution in [0.5, 0.6) is 0 Å². The second kappa shape index (κ2) is 2.60. The molecule has 0 saturated heterocycles. The third-order valence-corrected chi connectivity index (χ3v) is 1.74. The molecule has 0 aromatic rings. The number of hydrogen-bond donors (Lipinski definition) is 2. The molecule has 0 fully saturated rings. The fraction of sp³-hybridized carbons (Fsp3) is 0.143. The van der Waals surface area contributed by atoms with Gasteiger partial charge < -0.3 is 10.8 Å². The summed E-state index contributed by atoms with van der Waals surface area (Å²) in [5, 5.41) is 16.7. The van der Waals surface area contributed by atoms with E-state index in [9.17, 15) is 9.90 Å². The molecule has 3 N–H and O–H groups in total. The number of carbonyl (C=O) groups excluding carboxylic acids is 1. The fourth-order valence-corrected chi connectivity index (χ4v) is 1.11. The zero-order valence-electron chi connectivity index (χ0n) is 6.51. The van der Waals surface area contributed by atoms with Gasteiger partial charge in [0, 0.05) is 6.20 Å². The van der Waals surface area contributed by atoms with Crippen molar-refractivity contribution < 1.29 is 9.90 Å². The second-order valence-electron chi connectivity index (χ2n) is 2.57. The van der Waals surface area contributed by atoms with Crippen LogP contribution in [-0.2, 0) is 4.79 Å². The molecule has 0 aromatic heterocycles. The maximum Gasteiger partial charge on any atom is 0.268 e. The van der Waals surface area contributed by atoms with Gasteiger partial charge in [-0.15, -0.1) is 10.2 Å². The molecule has 2 aliphatic rings. The summed E-state index contributed by atoms with van der Waals surface area (Å²) in [4.78, 5) is 14.6. The van der Waals surface area contributed by atoms with Crippen LogP contribution in [0.4, 0.5) is 0 Å². The van der Waals surface area contributed by atoms with E-state index in [0.29, 0.717) is 11.4 Å². The van der Waals surface area contributed by atoms with E-state index in [1.165, 1.54) is 6.20 Å². The Bertz CT molecular complexity index is 391. The molecule has 1 unspecified atom stereocenters. The molecule has 13 heavy (non-hydrogen) atoms. The van der Waals surface area contributed by atoms with E-state index in [2.05, 4.69) is 15.2 Å². The van der Waals surface area contributed by atoms with Crippen LogP contribution in [0.15, 0.2) is 27.5 Å². The number of nitrogens with two attached hydrogens (primary N) is 1. The maximum atomic E-state index is 10.7. The van der Waals surface area contributed by atoms with E-state index in [-0.39, 0.29) is 5.71 Å². The van der Waals surface area contributed by atoms with Gasteiger partial charge in [-0.1, -0.05) is 0 Å². The minimum Gasteiger partial charge on any atom is -0.380 e. The van der Waals surface area contributed by atoms with Gasteiger partial charge in [0.2, 0.25) is 0 Å². The van der Waals surface area contributed by atoms with Gasteiger partial charge in [-0.2, -0.15) is 0 Å². The average molecular weight is 178 g/mol. The van der Waals surface area contributed by atoms with Gasteiger partial charge >= 0.3 is 0 Å². The fourth-order valence-electron chi connectivity index (χ4n) is 1.11. The Morgan fingerprint density at radius 1 is 1.54 bits per heavy atom. The van der Waals surface area contributed by atoms with Crippen molar-refractivity contribution in [3.05, 3.63) is 12.3 Å². The van der Waals surface area contributed by atoms with Crippen LogP contribution in [0.2, 0.25) is 0 Å². The largest absolute Gasteiger partial charge is 0.380 e. The first kappa shape index (κ1) is 7.81. The summed E-state index contributed by atoms with van der Waals surface area (Å²) in [6.07, 6.45) is 1.93. The second-order valence-corrected chi connectivity index (χ2v) is 2.57. The maximum absolute atomic E-state index is 10.7. The quantitative estimate of drug-likeness (QED) is 0.516. The first-order valence-corrected chi connectivity index (χ1v) is 3.58. The molecule has 1 atom stereocenters. The van der Waals surface area contributed by atoms with E-state index >= 15 is 0 Å². The Balaban J connectivity index is 2.43. The third kappa shape index (κ3) is 1.07. The van der Waals surface area contributed by atoms with Gasteiger partial charge in [-0.3, -0.25) is 9.79 Å². The first-order valence-electron chi connectivity index (χ1n) is 3.58. The Labute approximate surface area is 73.2 Å². The van der Waals surface area contributed by atoms with Gasteiger partial charge in [-0.25, -0.2) is 0 Å². The lowest BCUT2D eigenvalue weighted by Gasteiger charge is -2.13. The predicted octanol–water partition coefficient (Wildman–Crippen LogP) is -1.39. The minimum atomic E-state index is -1.15. The van der Waals surface area contributed by atoms with Gasteiger partial charge in [0.05, 0.1) is 0 Å². The highest BCUT2D eigenvalue weighted by Gasteiger charge is 2.31. The van der Waals surface area contributed by atoms with Gasteiger partial charge in [0.15, 0.2) is 5.71 Å². The molecule has 0 aliphatic carbocycles. The van der Waals surface area contributed by atoms with Crippen molar-refractivity contribution in [2.24, 2.45) is 20.9 Å². The Kier molecular flexibility index (Phi) is 1.56. The zero-order valence-corrected chi connectivity index (χ0v) is 6.51. The zero-order chi connectivity index (χ0) is 9.42. The highest BCUT2D eigenvalue weighted by Crippen LogP contribution is 2.09. The molecule has 0 radical (unpaired) electrons. The molecule has 66 valence electrons. The Morgan fingerprint density at radius 3 is 3.00 bits per heavy atom. The summed E-state index contributed by atoms with van der Waals surface area (Å²) in [5.74, 6) is -0.787. The van der Waals surface area contributed by atoms with Gasteiger partial charge in [-0.05, 0) is 6.08 Å². The monoisotopic (exact) mass is 178 g/mol. The van der Waals surface area contributed by atoms with Crippen LogP contribution in [0, 0.1) is 0 Å². The van der Waals surface area contributed by atoms with Gasteiger partial charge in [0.25, 0.3) is 5.91 Å². The number of aliphatic imine (C=N–C) groups is 1. The molecular weight excluding hydrogens is 172 g/mol. The van der Waals surface area contributed by atoms with Crippen LogP contribution < -0.4 is 5.73 Å². The summed E-state index contributed by atoms with van der Waals surface area (Å²) < 4.78 is 0. The lowest BCUT2D eigenvalue weighted by molar-refractivity contribution is -0.112. The number of aliphatic hydroxyl groups is 1. The number of rotatable bonds is 1. The minimum absolute atomic E-state index is 0.175. The summed E-state index contributed by atoms with van der Waals surface area (Å²) in [6, 6.07) is 0. The Hall–Kier alpha value is -1.82. The molecule has 0 aromatic carbocycles. The topological polar surface area (TPSA) is 100 Å². The summed E-state index contributed by atoms with van der Waals surface area (Å²) in [7, 11) is 0. The normalized spacial score (nSPS) is 24.7. The third-order valence-electron chi connectivity index (χ3n) is 1.74. The smallest absolute Gasteiger partial charge is 0.268 e. The number of primary amides is 1. The molecular formula is C7H6N4O2. The van der Waals surface area contributed by atoms with Crippen molar-refractivity contribution in [1.29, 1.82) is 0 Å². The number of hydrogen-bond acceptors (Lipinski definition) is 5. The van der Waals surface area contributed by atoms with Crippen molar-refractivity contribution in [2.75, 3.05) is 0 Å². The van der Waals surface area contributed by atoms with Crippen molar-refractivity contribution in [1.82, 2.24) is 0 Å². The van der Waals surface area contributed by atoms with E-state index in [1.807, 2.05) is 0 Å². The standard InChI is InChI=1S/C7H6N4O2/c8-7(13)5-6(12)4-3(10-11-5)1-2-9-4/h1-2,6,12H,(H2,8,13). The molecule has 2 aliphatic heterocycles. The number of carbonyl (C=O) groups is 1. The first-order chi connectivity index (χ1) is 6.20. The SMILES string of the molecule is NC(=O)C1=NN=C2C=CN=C2C1O. The van der Waals surface area contributed by atoms with Gasteiger partial charge in [0.1, 0.15) is 17.5 Å². The molecule has 2 rings (SSSR count). The van der Waals surface area contributed by atoms with E-state index in [0.717, 1.165) is 0 Å². The molecule has 0 spiro atoms. The van der Waals surface area contributed by atoms with E-state index < -0.39 is 12.0 Å². The number of amides is 1. The number of aliphatic hydroxyl groups excluding tert-OH is 1. The van der Waals surface area contributed by atoms with E-state index in [4.69, 9.17) is 5.73 Å². The highest BCUT2D eigenvalue weighted by atomic mass is 16.3. The van der Waals surface area contributed by atoms with E-state index in [1.54, 1.807) is 6.08 Å². The van der Waals surface area contributed by atoms with Crippen molar-refractivity contribution in [3.8, 4) is 0 Å². The van der Waals surface area contributed by atoms with Crippen molar-refractivity contribution in [3.63, 3.8) is 0 Å². The lowest BCUT2D eigenvalue weighted by Crippen LogP contribution is -2.43. The van der Waals surface area contributed by atoms with Crippen LogP contribution in [0.1, 0.15) is 0 Å². The average Bonchev–Trinajstić information content (AvgIpc) is 2.52. The molecule has 1 amide bonds. The number of nitrogens with zero attached hydrogens (tertiary/aromatic N) is 3. The van der Waals surface area contributed by atoms with Crippen LogP contribution in [-0.4, -0.2) is 34.3 Å². The van der Waals surface area contributed by atoms with Crippen molar-refractivity contribution >= 4 is 23.0 Å². The number of allylic oxidation sites excluding steroid dienone is 1. The number of fused-ring (bicyclic) bond motifs is 1. The predicted molar refractivity (Wildman–Crippen MR) is 46.6 cm³/mol. The highest BCUT2D eigenvalue weighted by molar-refractivity contribution is 6.59. The lowest BCUT2D eigenvalue weighted by atomic mass is 10.0.